The number of benzene rings is 2. The third-order valence-electron chi connectivity index (χ3n) is 5.70. The van der Waals surface area contributed by atoms with Crippen LogP contribution in [0.4, 0.5) is 11.5 Å². The number of rotatable bonds is 4. The molecule has 1 aliphatic rings. The Bertz CT molecular complexity index is 1210. The normalized spacial score (nSPS) is 16.0. The highest BCUT2D eigenvalue weighted by atomic mass is 16.5. The van der Waals surface area contributed by atoms with Crippen LogP contribution < -0.4 is 10.2 Å². The van der Waals surface area contributed by atoms with Crippen LogP contribution in [0.5, 0.6) is 0 Å². The Morgan fingerprint density at radius 3 is 2.56 bits per heavy atom. The second-order valence-corrected chi connectivity index (χ2v) is 7.78. The molecule has 0 radical (unpaired) electrons. The van der Waals surface area contributed by atoms with Crippen LogP contribution in [-0.2, 0) is 4.74 Å². The zero-order valence-electron chi connectivity index (χ0n) is 19.0. The van der Waals surface area contributed by atoms with Crippen molar-refractivity contribution in [2.45, 2.75) is 13.0 Å². The summed E-state index contributed by atoms with van der Waals surface area (Å²) in [4.78, 5) is 29.4. The largest absolute Gasteiger partial charge is 0.464 e. The number of nitrogens with zero attached hydrogens (tertiary/aromatic N) is 6. The van der Waals surface area contributed by atoms with E-state index >= 15 is 0 Å². The van der Waals surface area contributed by atoms with Crippen LogP contribution in [0.15, 0.2) is 72.0 Å². The highest BCUT2D eigenvalue weighted by Gasteiger charge is 2.31. The lowest BCUT2D eigenvalue weighted by atomic mass is 10.0. The Morgan fingerprint density at radius 2 is 1.88 bits per heavy atom. The van der Waals surface area contributed by atoms with Crippen molar-refractivity contribution in [2.75, 3.05) is 31.6 Å². The number of guanidine groups is 1. The van der Waals surface area contributed by atoms with Gasteiger partial charge in [-0.2, -0.15) is 5.26 Å². The molecule has 1 unspecified atom stereocenters. The van der Waals surface area contributed by atoms with Gasteiger partial charge >= 0.3 is 5.97 Å². The fourth-order valence-corrected chi connectivity index (χ4v) is 3.92. The average molecular weight is 456 g/mol. The monoisotopic (exact) mass is 455 g/mol. The number of anilines is 1. The van der Waals surface area contributed by atoms with Crippen LogP contribution in [0, 0.1) is 18.4 Å². The molecule has 0 amide bonds. The fraction of sp³-hybridized carbons (Fsp3) is 0.240. The maximum absolute atomic E-state index is 11.7. The van der Waals surface area contributed by atoms with Gasteiger partial charge in [-0.25, -0.2) is 19.8 Å². The van der Waals surface area contributed by atoms with Gasteiger partial charge in [0.15, 0.2) is 11.9 Å². The molecule has 34 heavy (non-hydrogen) atoms. The molecular formula is C25H25N7O2. The molecule has 1 fully saturated rings. The molecule has 1 saturated heterocycles. The summed E-state index contributed by atoms with van der Waals surface area (Å²) < 4.78 is 4.72. The summed E-state index contributed by atoms with van der Waals surface area (Å²) in [6, 6.07) is 17.8. The van der Waals surface area contributed by atoms with Crippen molar-refractivity contribution in [2.24, 2.45) is 4.99 Å². The minimum Gasteiger partial charge on any atom is -0.464 e. The summed E-state index contributed by atoms with van der Waals surface area (Å²) in [7, 11) is 1.31. The number of para-hydroxylation sites is 1. The van der Waals surface area contributed by atoms with Crippen LogP contribution in [-0.4, -0.2) is 53.5 Å². The third-order valence-corrected chi connectivity index (χ3v) is 5.70. The molecule has 1 atom stereocenters. The first-order valence-corrected chi connectivity index (χ1v) is 10.9. The second-order valence-electron chi connectivity index (χ2n) is 7.78. The molecule has 0 aliphatic carbocycles. The molecule has 9 heteroatoms. The molecule has 0 bridgehead atoms. The van der Waals surface area contributed by atoms with Gasteiger partial charge in [-0.1, -0.05) is 48.5 Å². The van der Waals surface area contributed by atoms with Crippen LogP contribution in [0.25, 0.3) is 0 Å². The van der Waals surface area contributed by atoms with Gasteiger partial charge in [0.05, 0.1) is 31.2 Å². The number of carbonyl (C=O) groups is 1. The summed E-state index contributed by atoms with van der Waals surface area (Å²) in [6.45, 7) is 3.79. The molecule has 9 nitrogen and oxygen atoms in total. The summed E-state index contributed by atoms with van der Waals surface area (Å²) >= 11 is 0. The molecule has 4 rings (SSSR count). The summed E-state index contributed by atoms with van der Waals surface area (Å²) in [5.74, 6) is 0.638. The SMILES string of the molecule is COC(=O)c1cnc(N2CCN(C(=Nc3ccccc3C)NC#N)CC2c2ccccc2)cn1. The molecule has 1 aromatic heterocycles. The fourth-order valence-electron chi connectivity index (χ4n) is 3.92. The lowest BCUT2D eigenvalue weighted by molar-refractivity contribution is 0.0593. The maximum atomic E-state index is 11.7. The Balaban J connectivity index is 1.66. The lowest BCUT2D eigenvalue weighted by Crippen LogP contribution is -2.53. The molecule has 0 saturated carbocycles. The molecule has 2 aromatic carbocycles. The topological polar surface area (TPSA) is 107 Å². The second kappa shape index (κ2) is 10.4. The van der Waals surface area contributed by atoms with E-state index in [2.05, 4.69) is 37.2 Å². The van der Waals surface area contributed by atoms with Crippen LogP contribution in [0.1, 0.15) is 27.7 Å². The number of carbonyl (C=O) groups excluding carboxylic acids is 1. The third kappa shape index (κ3) is 4.96. The summed E-state index contributed by atoms with van der Waals surface area (Å²) in [6.07, 6.45) is 5.04. The van der Waals surface area contributed by atoms with Gasteiger partial charge in [0.25, 0.3) is 0 Å². The van der Waals surface area contributed by atoms with Crippen LogP contribution >= 0.6 is 0 Å². The molecule has 1 N–H and O–H groups in total. The van der Waals surface area contributed by atoms with Gasteiger partial charge in [-0.15, -0.1) is 0 Å². The first kappa shape index (κ1) is 22.7. The molecule has 0 spiro atoms. The van der Waals surface area contributed by atoms with Crippen molar-refractivity contribution < 1.29 is 9.53 Å². The highest BCUT2D eigenvalue weighted by molar-refractivity contribution is 5.87. The molecule has 1 aliphatic heterocycles. The van der Waals surface area contributed by atoms with Crippen molar-refractivity contribution in [3.8, 4) is 6.19 Å². The number of nitrogens with one attached hydrogen (secondary N) is 1. The van der Waals surface area contributed by atoms with Gasteiger partial charge < -0.3 is 14.5 Å². The van der Waals surface area contributed by atoms with E-state index in [9.17, 15) is 10.1 Å². The van der Waals surface area contributed by atoms with E-state index in [0.717, 1.165) is 16.8 Å². The molecule has 172 valence electrons. The van der Waals surface area contributed by atoms with Crippen molar-refractivity contribution in [1.82, 2.24) is 20.2 Å². The predicted molar refractivity (Wildman–Crippen MR) is 128 cm³/mol. The number of aryl methyl sites for hydroxylation is 1. The number of aliphatic imine (C=N–C) groups is 1. The Hall–Kier alpha value is -4.45. The number of esters is 1. The first-order chi connectivity index (χ1) is 16.6. The van der Waals surface area contributed by atoms with E-state index in [0.29, 0.717) is 31.4 Å². The van der Waals surface area contributed by atoms with E-state index in [4.69, 9.17) is 9.73 Å². The minimum atomic E-state index is -0.525. The van der Waals surface area contributed by atoms with Gasteiger partial charge in [-0.3, -0.25) is 5.32 Å². The number of nitriles is 1. The van der Waals surface area contributed by atoms with Gasteiger partial charge in [-0.05, 0) is 24.1 Å². The van der Waals surface area contributed by atoms with Crippen molar-refractivity contribution in [3.05, 3.63) is 83.8 Å². The van der Waals surface area contributed by atoms with Crippen molar-refractivity contribution in [3.63, 3.8) is 0 Å². The van der Waals surface area contributed by atoms with Gasteiger partial charge in [0, 0.05) is 19.6 Å². The summed E-state index contributed by atoms with van der Waals surface area (Å²) in [5.41, 5.74) is 3.09. The average Bonchev–Trinajstić information content (AvgIpc) is 2.89. The van der Waals surface area contributed by atoms with E-state index < -0.39 is 5.97 Å². The number of methoxy groups -OCH3 is 1. The molecule has 3 aromatic rings. The first-order valence-electron chi connectivity index (χ1n) is 10.9. The van der Waals surface area contributed by atoms with Gasteiger partial charge in [0.1, 0.15) is 5.82 Å². The van der Waals surface area contributed by atoms with E-state index in [1.165, 1.54) is 13.3 Å². The van der Waals surface area contributed by atoms with Crippen LogP contribution in [0.2, 0.25) is 0 Å². The highest BCUT2D eigenvalue weighted by Crippen LogP contribution is 2.30. The number of hydrogen-bond donors (Lipinski definition) is 1. The van der Waals surface area contributed by atoms with E-state index in [1.54, 1.807) is 6.20 Å². The Kier molecular flexibility index (Phi) is 6.98. The maximum Gasteiger partial charge on any atom is 0.358 e. The van der Waals surface area contributed by atoms with E-state index in [-0.39, 0.29) is 11.7 Å². The van der Waals surface area contributed by atoms with E-state index in [1.807, 2.05) is 55.6 Å². The Labute approximate surface area is 198 Å². The van der Waals surface area contributed by atoms with Gasteiger partial charge in [0.2, 0.25) is 5.96 Å². The van der Waals surface area contributed by atoms with Crippen molar-refractivity contribution >= 4 is 23.4 Å². The number of ether oxygens (including phenoxy) is 1. The minimum absolute atomic E-state index is 0.0733. The Morgan fingerprint density at radius 1 is 1.12 bits per heavy atom. The molecule has 2 heterocycles. The standard InChI is InChI=1S/C25H25N7O2/c1-18-8-6-7-11-20(18)30-25(29-17-26)31-12-13-32(22(16-31)19-9-4-3-5-10-19)23-15-27-21(14-28-23)24(33)34-2/h3-11,14-15,22H,12-13,16H2,1-2H3,(H,29,30). The smallest absolute Gasteiger partial charge is 0.358 e. The quantitative estimate of drug-likeness (QED) is 0.210. The number of aromatic nitrogens is 2. The molecular weight excluding hydrogens is 430 g/mol. The summed E-state index contributed by atoms with van der Waals surface area (Å²) in [5, 5.41) is 12.1. The number of piperazine rings is 1. The van der Waals surface area contributed by atoms with Crippen LogP contribution in [0.3, 0.4) is 0 Å². The van der Waals surface area contributed by atoms with Crippen molar-refractivity contribution in [1.29, 1.82) is 5.26 Å². The predicted octanol–water partition coefficient (Wildman–Crippen LogP) is 3.19. The zero-order chi connectivity index (χ0) is 23.9. The number of hydrogen-bond acceptors (Lipinski definition) is 7. The zero-order valence-corrected chi connectivity index (χ0v) is 19.0. The lowest BCUT2D eigenvalue weighted by Gasteiger charge is -2.43.